The van der Waals surface area contributed by atoms with Crippen molar-refractivity contribution in [2.24, 2.45) is 5.92 Å². The van der Waals surface area contributed by atoms with Gasteiger partial charge in [-0.05, 0) is 66.0 Å². The van der Waals surface area contributed by atoms with Crippen molar-refractivity contribution in [3.8, 4) is 0 Å². The van der Waals surface area contributed by atoms with Crippen molar-refractivity contribution in [1.82, 2.24) is 9.97 Å². The molecule has 2 aromatic heterocycles. The molecule has 1 fully saturated rings. The first-order valence-corrected chi connectivity index (χ1v) is 11.0. The molecule has 0 bridgehead atoms. The summed E-state index contributed by atoms with van der Waals surface area (Å²) in [7, 11) is 0. The number of hydrogen-bond acceptors (Lipinski definition) is 2. The molecule has 0 spiro atoms. The predicted molar refractivity (Wildman–Crippen MR) is 126 cm³/mol. The van der Waals surface area contributed by atoms with E-state index in [1.165, 1.54) is 11.8 Å². The molecule has 2 aromatic carbocycles. The normalized spacial score (nSPS) is 18.2. The smallest absolute Gasteiger partial charge is 0.359 e. The highest BCUT2D eigenvalue weighted by Gasteiger charge is 2.34. The summed E-state index contributed by atoms with van der Waals surface area (Å²) in [6.07, 6.45) is 1.83. The van der Waals surface area contributed by atoms with Gasteiger partial charge in [0.15, 0.2) is 0 Å². The standard InChI is InChI=1S/C27H24F3N3/c1-17(20-5-3-2-4-6-20)33-25-16-31-24-9-7-18(14-23(24)25)11-19-12-22(13-19)21-8-10-26(32-15-21)27(28,29)30/h2-10,14-16,19,22,31,33H,1,11-13H2. The summed E-state index contributed by atoms with van der Waals surface area (Å²) in [5, 5.41) is 4.54. The number of pyridine rings is 1. The number of nitrogens with one attached hydrogen (secondary N) is 2. The number of nitrogens with zero attached hydrogens (tertiary/aromatic N) is 1. The van der Waals surface area contributed by atoms with Crippen molar-refractivity contribution in [3.63, 3.8) is 0 Å². The Hall–Kier alpha value is -3.54. The second-order valence-electron chi connectivity index (χ2n) is 8.76. The molecule has 0 amide bonds. The molecule has 0 unspecified atom stereocenters. The number of alkyl halides is 3. The number of H-pyrrole nitrogens is 1. The SMILES string of the molecule is C=C(Nc1c[nH]c2ccc(CC3CC(c4ccc(C(F)(F)F)nc4)C3)cc12)c1ccccc1. The van der Waals surface area contributed by atoms with Gasteiger partial charge in [-0.1, -0.05) is 49.0 Å². The van der Waals surface area contributed by atoms with E-state index in [4.69, 9.17) is 0 Å². The summed E-state index contributed by atoms with van der Waals surface area (Å²) in [6.45, 7) is 4.16. The molecule has 2 heterocycles. The van der Waals surface area contributed by atoms with Crippen molar-refractivity contribution >= 4 is 22.3 Å². The highest BCUT2D eigenvalue weighted by atomic mass is 19.4. The third-order valence-electron chi connectivity index (χ3n) is 6.46. The Morgan fingerprint density at radius 3 is 2.55 bits per heavy atom. The fraction of sp³-hybridized carbons (Fsp3) is 0.222. The van der Waals surface area contributed by atoms with Crippen LogP contribution in [0.2, 0.25) is 0 Å². The minimum absolute atomic E-state index is 0.284. The van der Waals surface area contributed by atoms with Crippen molar-refractivity contribution < 1.29 is 13.2 Å². The summed E-state index contributed by atoms with van der Waals surface area (Å²) in [4.78, 5) is 6.91. The molecule has 5 rings (SSSR count). The third kappa shape index (κ3) is 4.51. The van der Waals surface area contributed by atoms with Gasteiger partial charge in [-0.15, -0.1) is 0 Å². The summed E-state index contributed by atoms with van der Waals surface area (Å²) in [6, 6.07) is 19.1. The van der Waals surface area contributed by atoms with Gasteiger partial charge in [0.05, 0.1) is 5.69 Å². The van der Waals surface area contributed by atoms with Crippen LogP contribution in [0, 0.1) is 5.92 Å². The Bertz CT molecular complexity index is 1270. The summed E-state index contributed by atoms with van der Waals surface area (Å²) >= 11 is 0. The predicted octanol–water partition coefficient (Wildman–Crippen LogP) is 7.40. The molecular formula is C27H24F3N3. The lowest BCUT2D eigenvalue weighted by atomic mass is 9.69. The first-order chi connectivity index (χ1) is 15.9. The van der Waals surface area contributed by atoms with Gasteiger partial charge in [0.2, 0.25) is 0 Å². The summed E-state index contributed by atoms with van der Waals surface area (Å²) in [5.74, 6) is 0.802. The fourth-order valence-corrected chi connectivity index (χ4v) is 4.59. The first kappa shape index (κ1) is 21.3. The minimum atomic E-state index is -4.39. The second kappa shape index (κ2) is 8.43. The molecular weight excluding hydrogens is 423 g/mol. The largest absolute Gasteiger partial charge is 0.433 e. The zero-order chi connectivity index (χ0) is 23.0. The Morgan fingerprint density at radius 2 is 1.85 bits per heavy atom. The van der Waals surface area contributed by atoms with E-state index in [-0.39, 0.29) is 5.92 Å². The van der Waals surface area contributed by atoms with E-state index in [1.54, 1.807) is 6.07 Å². The Labute approximate surface area is 190 Å². The molecule has 3 nitrogen and oxygen atoms in total. The maximum Gasteiger partial charge on any atom is 0.433 e. The van der Waals surface area contributed by atoms with E-state index in [0.717, 1.165) is 58.7 Å². The molecule has 1 saturated carbocycles. The number of halogens is 3. The highest BCUT2D eigenvalue weighted by molar-refractivity contribution is 5.96. The van der Waals surface area contributed by atoms with E-state index < -0.39 is 11.9 Å². The molecule has 1 aliphatic rings. The van der Waals surface area contributed by atoms with E-state index in [2.05, 4.69) is 40.1 Å². The summed E-state index contributed by atoms with van der Waals surface area (Å²) < 4.78 is 38.2. The highest BCUT2D eigenvalue weighted by Crippen LogP contribution is 2.43. The van der Waals surface area contributed by atoms with Gasteiger partial charge >= 0.3 is 6.18 Å². The number of aromatic amines is 1. The monoisotopic (exact) mass is 447 g/mol. The molecule has 4 aromatic rings. The molecule has 0 saturated heterocycles. The van der Waals surface area contributed by atoms with Gasteiger partial charge in [-0.2, -0.15) is 13.2 Å². The molecule has 0 atom stereocenters. The van der Waals surface area contributed by atoms with Crippen LogP contribution in [-0.4, -0.2) is 9.97 Å². The molecule has 0 aliphatic heterocycles. The number of aromatic nitrogens is 2. The van der Waals surface area contributed by atoms with Crippen LogP contribution in [0.3, 0.4) is 0 Å². The quantitative estimate of drug-likeness (QED) is 0.323. The van der Waals surface area contributed by atoms with Gasteiger partial charge in [0, 0.05) is 29.0 Å². The topological polar surface area (TPSA) is 40.7 Å². The van der Waals surface area contributed by atoms with Crippen LogP contribution in [0.5, 0.6) is 0 Å². The summed E-state index contributed by atoms with van der Waals surface area (Å²) in [5.41, 5.74) is 5.25. The average Bonchev–Trinajstić information content (AvgIpc) is 3.18. The zero-order valence-electron chi connectivity index (χ0n) is 18.0. The molecule has 0 radical (unpaired) electrons. The molecule has 1 aliphatic carbocycles. The number of benzene rings is 2. The lowest BCUT2D eigenvalue weighted by Gasteiger charge is -2.35. The minimum Gasteiger partial charge on any atom is -0.359 e. The van der Waals surface area contributed by atoms with Crippen LogP contribution >= 0.6 is 0 Å². The Balaban J connectivity index is 1.23. The van der Waals surface area contributed by atoms with Crippen molar-refractivity contribution in [2.75, 3.05) is 5.32 Å². The van der Waals surface area contributed by atoms with Crippen molar-refractivity contribution in [2.45, 2.75) is 31.4 Å². The van der Waals surface area contributed by atoms with Gasteiger partial charge in [0.25, 0.3) is 0 Å². The maximum absolute atomic E-state index is 12.7. The lowest BCUT2D eigenvalue weighted by Crippen LogP contribution is -2.24. The number of fused-ring (bicyclic) bond motifs is 1. The van der Waals surface area contributed by atoms with Gasteiger partial charge < -0.3 is 10.3 Å². The van der Waals surface area contributed by atoms with Gasteiger partial charge in [-0.25, -0.2) is 0 Å². The fourth-order valence-electron chi connectivity index (χ4n) is 4.59. The Morgan fingerprint density at radius 1 is 1.06 bits per heavy atom. The number of anilines is 1. The van der Waals surface area contributed by atoms with Crippen LogP contribution in [-0.2, 0) is 12.6 Å². The van der Waals surface area contributed by atoms with Gasteiger partial charge in [0.1, 0.15) is 5.69 Å². The third-order valence-corrected chi connectivity index (χ3v) is 6.46. The van der Waals surface area contributed by atoms with Crippen LogP contribution in [0.1, 0.15) is 41.1 Å². The van der Waals surface area contributed by atoms with Crippen molar-refractivity contribution in [1.29, 1.82) is 0 Å². The molecule has 33 heavy (non-hydrogen) atoms. The lowest BCUT2D eigenvalue weighted by molar-refractivity contribution is -0.141. The molecule has 168 valence electrons. The van der Waals surface area contributed by atoms with E-state index in [0.29, 0.717) is 5.92 Å². The molecule has 2 N–H and O–H groups in total. The van der Waals surface area contributed by atoms with E-state index >= 15 is 0 Å². The first-order valence-electron chi connectivity index (χ1n) is 11.0. The molecule has 6 heteroatoms. The average molecular weight is 448 g/mol. The maximum atomic E-state index is 12.7. The van der Waals surface area contributed by atoms with Crippen LogP contribution < -0.4 is 5.32 Å². The van der Waals surface area contributed by atoms with Crippen LogP contribution in [0.25, 0.3) is 16.6 Å². The number of hydrogen-bond donors (Lipinski definition) is 2. The van der Waals surface area contributed by atoms with Gasteiger partial charge in [-0.3, -0.25) is 4.98 Å². The number of rotatable bonds is 6. The Kier molecular flexibility index (Phi) is 5.44. The van der Waals surface area contributed by atoms with Crippen LogP contribution in [0.15, 0.2) is 79.6 Å². The second-order valence-corrected chi connectivity index (χ2v) is 8.76. The zero-order valence-corrected chi connectivity index (χ0v) is 18.0. The van der Waals surface area contributed by atoms with Crippen LogP contribution in [0.4, 0.5) is 18.9 Å². The van der Waals surface area contributed by atoms with E-state index in [9.17, 15) is 13.2 Å². The van der Waals surface area contributed by atoms with E-state index in [1.807, 2.05) is 36.5 Å². The van der Waals surface area contributed by atoms with Crippen molar-refractivity contribution in [3.05, 3.63) is 102 Å².